The lowest BCUT2D eigenvalue weighted by molar-refractivity contribution is -0.141. The van der Waals surface area contributed by atoms with E-state index in [0.29, 0.717) is 0 Å². The van der Waals surface area contributed by atoms with Gasteiger partial charge in [0.25, 0.3) is 0 Å². The second-order valence-electron chi connectivity index (χ2n) is 2.75. The summed E-state index contributed by atoms with van der Waals surface area (Å²) in [6.45, 7) is 2.71. The lowest BCUT2D eigenvalue weighted by Crippen LogP contribution is -2.11. The number of ether oxygens (including phenoxy) is 1. The van der Waals surface area contributed by atoms with Gasteiger partial charge in [-0.3, -0.25) is 0 Å². The average molecular weight is 226 g/mol. The van der Waals surface area contributed by atoms with E-state index >= 15 is 0 Å². The topological polar surface area (TPSA) is 83.8 Å². The molecule has 0 unspecified atom stereocenters. The third-order valence-electron chi connectivity index (χ3n) is 1.58. The first kappa shape index (κ1) is 14.0. The monoisotopic (exact) mass is 226 g/mol. The third kappa shape index (κ3) is 4.99. The number of aliphatic carboxylic acids is 2. The minimum absolute atomic E-state index is 0.0236. The average Bonchev–Trinajstić information content (AvgIpc) is 2.21. The van der Waals surface area contributed by atoms with Crippen LogP contribution in [-0.4, -0.2) is 28.8 Å². The summed E-state index contributed by atoms with van der Waals surface area (Å²) >= 11 is 0. The molecule has 0 saturated heterocycles. The molecule has 0 aromatic heterocycles. The molecule has 0 aromatic rings. The van der Waals surface area contributed by atoms with Crippen molar-refractivity contribution in [2.75, 3.05) is 6.61 Å². The number of carboxylic acid groups (broad SMARTS) is 2. The van der Waals surface area contributed by atoms with E-state index in [9.17, 15) is 9.59 Å². The predicted octanol–water partition coefficient (Wildman–Crippen LogP) is 1.58. The van der Waals surface area contributed by atoms with Crippen LogP contribution in [0.5, 0.6) is 0 Å². The van der Waals surface area contributed by atoms with E-state index in [2.05, 4.69) is 0 Å². The first-order valence-corrected chi connectivity index (χ1v) is 4.60. The van der Waals surface area contributed by atoms with Crippen molar-refractivity contribution in [3.63, 3.8) is 0 Å². The smallest absolute Gasteiger partial charge is 0.341 e. The highest BCUT2D eigenvalue weighted by Gasteiger charge is 2.14. The second-order valence-corrected chi connectivity index (χ2v) is 2.75. The molecule has 0 amide bonds. The first-order valence-electron chi connectivity index (χ1n) is 4.60. The number of carbonyl (C=O) groups is 2. The molecule has 0 radical (unpaired) electrons. The Morgan fingerprint density at radius 3 is 2.25 bits per heavy atom. The normalized spacial score (nSPS) is 12.9. The van der Waals surface area contributed by atoms with Gasteiger partial charge in [0.1, 0.15) is 5.76 Å². The van der Waals surface area contributed by atoms with Gasteiger partial charge in [-0.2, -0.15) is 0 Å². The predicted molar refractivity (Wildman–Crippen MR) is 57.9 cm³/mol. The van der Waals surface area contributed by atoms with Crippen molar-refractivity contribution in [1.29, 1.82) is 0 Å². The molecular formula is C11H14O5. The van der Waals surface area contributed by atoms with Gasteiger partial charge in [-0.25, -0.2) is 9.59 Å². The van der Waals surface area contributed by atoms with Crippen LogP contribution >= 0.6 is 0 Å². The highest BCUT2D eigenvalue weighted by atomic mass is 16.5. The highest BCUT2D eigenvalue weighted by molar-refractivity contribution is 5.91. The van der Waals surface area contributed by atoms with Crippen LogP contribution in [0.1, 0.15) is 13.8 Å². The maximum atomic E-state index is 10.8. The number of hydrogen-bond donors (Lipinski definition) is 2. The zero-order valence-electron chi connectivity index (χ0n) is 9.14. The molecule has 5 nitrogen and oxygen atoms in total. The maximum Gasteiger partial charge on any atom is 0.341 e. The summed E-state index contributed by atoms with van der Waals surface area (Å²) in [5.74, 6) is -2.30. The molecule has 5 heteroatoms. The first-order chi connectivity index (χ1) is 7.52. The van der Waals surface area contributed by atoms with E-state index in [4.69, 9.17) is 14.9 Å². The maximum absolute atomic E-state index is 10.8. The SMILES string of the molecule is C\C=C/C=C(OCC(=O)O)\C(=C/C)C(=O)O. The molecule has 0 atom stereocenters. The molecule has 2 N–H and O–H groups in total. The van der Waals surface area contributed by atoms with Crippen LogP contribution in [0.15, 0.2) is 35.6 Å². The zero-order valence-corrected chi connectivity index (χ0v) is 9.14. The summed E-state index contributed by atoms with van der Waals surface area (Å²) in [5.41, 5.74) is -0.0700. The van der Waals surface area contributed by atoms with Crippen LogP contribution < -0.4 is 0 Å². The fourth-order valence-electron chi connectivity index (χ4n) is 0.910. The van der Waals surface area contributed by atoms with Crippen molar-refractivity contribution in [2.45, 2.75) is 13.8 Å². The molecule has 0 saturated carbocycles. The number of allylic oxidation sites excluding steroid dienone is 4. The van der Waals surface area contributed by atoms with E-state index < -0.39 is 18.5 Å². The van der Waals surface area contributed by atoms with Gasteiger partial charge in [-0.15, -0.1) is 0 Å². The van der Waals surface area contributed by atoms with Gasteiger partial charge in [0.15, 0.2) is 6.61 Å². The van der Waals surface area contributed by atoms with Crippen LogP contribution in [0.4, 0.5) is 0 Å². The minimum Gasteiger partial charge on any atom is -0.481 e. The third-order valence-corrected chi connectivity index (χ3v) is 1.58. The van der Waals surface area contributed by atoms with E-state index in [1.807, 2.05) is 0 Å². The molecule has 0 aliphatic carbocycles. The molecule has 0 bridgehead atoms. The van der Waals surface area contributed by atoms with Crippen molar-refractivity contribution in [3.8, 4) is 0 Å². The van der Waals surface area contributed by atoms with E-state index in [1.54, 1.807) is 19.1 Å². The van der Waals surface area contributed by atoms with Gasteiger partial charge >= 0.3 is 11.9 Å². The Morgan fingerprint density at radius 1 is 1.25 bits per heavy atom. The molecule has 0 heterocycles. The molecule has 0 aliphatic heterocycles. The summed E-state index contributed by atoms with van der Waals surface area (Å²) in [6.07, 6.45) is 6.01. The van der Waals surface area contributed by atoms with Crippen molar-refractivity contribution in [2.24, 2.45) is 0 Å². The molecule has 0 spiro atoms. The van der Waals surface area contributed by atoms with Gasteiger partial charge in [0.2, 0.25) is 0 Å². The Hall–Kier alpha value is -2.04. The van der Waals surface area contributed by atoms with Crippen molar-refractivity contribution >= 4 is 11.9 Å². The van der Waals surface area contributed by atoms with Crippen molar-refractivity contribution < 1.29 is 24.5 Å². The second kappa shape index (κ2) is 7.28. The van der Waals surface area contributed by atoms with Crippen molar-refractivity contribution in [3.05, 3.63) is 35.6 Å². The Labute approximate surface area is 93.3 Å². The highest BCUT2D eigenvalue weighted by Crippen LogP contribution is 2.12. The minimum atomic E-state index is -1.16. The number of carboxylic acids is 2. The molecule has 16 heavy (non-hydrogen) atoms. The Bertz CT molecular complexity index is 349. The molecular weight excluding hydrogens is 212 g/mol. The largest absolute Gasteiger partial charge is 0.481 e. The van der Waals surface area contributed by atoms with Crippen LogP contribution in [-0.2, 0) is 14.3 Å². The Balaban J connectivity index is 4.93. The summed E-state index contributed by atoms with van der Waals surface area (Å²) < 4.78 is 4.88. The van der Waals surface area contributed by atoms with Gasteiger partial charge in [-0.05, 0) is 19.9 Å². The molecule has 0 rings (SSSR count). The lowest BCUT2D eigenvalue weighted by Gasteiger charge is -2.08. The summed E-state index contributed by atoms with van der Waals surface area (Å²) in [6, 6.07) is 0. The lowest BCUT2D eigenvalue weighted by atomic mass is 10.2. The Kier molecular flexibility index (Phi) is 6.35. The van der Waals surface area contributed by atoms with Crippen LogP contribution in [0, 0.1) is 0 Å². The summed E-state index contributed by atoms with van der Waals surface area (Å²) in [5, 5.41) is 17.3. The quantitative estimate of drug-likeness (QED) is 0.408. The summed E-state index contributed by atoms with van der Waals surface area (Å²) in [7, 11) is 0. The molecule has 0 aliphatic rings. The van der Waals surface area contributed by atoms with Gasteiger partial charge in [0.05, 0.1) is 5.57 Å². The number of hydrogen-bond acceptors (Lipinski definition) is 3. The van der Waals surface area contributed by atoms with Gasteiger partial charge < -0.3 is 14.9 Å². The van der Waals surface area contributed by atoms with E-state index in [-0.39, 0.29) is 11.3 Å². The molecule has 88 valence electrons. The van der Waals surface area contributed by atoms with Gasteiger partial charge in [0, 0.05) is 0 Å². The van der Waals surface area contributed by atoms with Crippen LogP contribution in [0.2, 0.25) is 0 Å². The van der Waals surface area contributed by atoms with E-state index in [1.165, 1.54) is 19.1 Å². The summed E-state index contributed by atoms with van der Waals surface area (Å²) in [4.78, 5) is 21.1. The number of rotatable bonds is 6. The van der Waals surface area contributed by atoms with E-state index in [0.717, 1.165) is 0 Å². The Morgan fingerprint density at radius 2 is 1.88 bits per heavy atom. The zero-order chi connectivity index (χ0) is 12.6. The fraction of sp³-hybridized carbons (Fsp3) is 0.273. The fourth-order valence-corrected chi connectivity index (χ4v) is 0.910. The van der Waals surface area contributed by atoms with Crippen molar-refractivity contribution in [1.82, 2.24) is 0 Å². The van der Waals surface area contributed by atoms with Gasteiger partial charge in [-0.1, -0.05) is 18.2 Å². The van der Waals surface area contributed by atoms with Crippen LogP contribution in [0.25, 0.3) is 0 Å². The molecule has 0 aromatic carbocycles. The molecule has 0 fully saturated rings. The standard InChI is InChI=1S/C11H14O5/c1-3-5-6-9(16-7-10(12)13)8(4-2)11(14)15/h3-6H,7H2,1-2H3,(H,12,13)(H,14,15)/b5-3-,8-4+,9-6+. The van der Waals surface area contributed by atoms with Crippen LogP contribution in [0.3, 0.4) is 0 Å².